The van der Waals surface area contributed by atoms with Crippen molar-refractivity contribution < 1.29 is 75.4 Å². The molecule has 0 aromatic carbocycles. The molecule has 0 spiro atoms. The van der Waals surface area contributed by atoms with E-state index in [2.05, 4.69) is 0 Å². The summed E-state index contributed by atoms with van der Waals surface area (Å²) in [4.78, 5) is 6.69. The number of rotatable bonds is 2. The molecule has 0 aliphatic carbocycles. The first kappa shape index (κ1) is 22.4. The van der Waals surface area contributed by atoms with Gasteiger partial charge in [-0.1, -0.05) is 0 Å². The Balaban J connectivity index is 3.80. The number of ether oxygens (including phenoxy) is 1. The van der Waals surface area contributed by atoms with Crippen LogP contribution >= 0.6 is 0 Å². The minimum absolute atomic E-state index is 1.73. The summed E-state index contributed by atoms with van der Waals surface area (Å²) >= 11 is 0. The quantitative estimate of drug-likeness (QED) is 0.379. The summed E-state index contributed by atoms with van der Waals surface area (Å²) in [5, 5.41) is 0. The third kappa shape index (κ3) is 2.55. The van der Waals surface area contributed by atoms with E-state index in [0.717, 1.165) is 0 Å². The molecule has 1 fully saturated rings. The van der Waals surface area contributed by atoms with E-state index in [0.29, 0.717) is 0 Å². The summed E-state index contributed by atoms with van der Waals surface area (Å²) in [7, 11) is 0. The maximum absolute atomic E-state index is 13.8. The number of halogens is 15. The zero-order valence-electron chi connectivity index (χ0n) is 10.9. The van der Waals surface area contributed by atoms with Crippen molar-refractivity contribution >= 4 is 5.97 Å². The second-order valence-electron chi connectivity index (χ2n) is 4.52. The normalized spacial score (nSPS) is 27.0. The van der Waals surface area contributed by atoms with Crippen molar-refractivity contribution in [1.82, 2.24) is 4.90 Å². The topological polar surface area (TPSA) is 29.5 Å². The molecule has 0 N–H and O–H groups in total. The van der Waals surface area contributed by atoms with Crippen LogP contribution in [0.2, 0.25) is 0 Å². The van der Waals surface area contributed by atoms with Crippen molar-refractivity contribution in [3.63, 3.8) is 0 Å². The molecule has 1 unspecified atom stereocenters. The van der Waals surface area contributed by atoms with Crippen LogP contribution in [0.1, 0.15) is 0 Å². The standard InChI is InChI=1S/C8F15NO2/c9-2(5(14,15)16,1(25)26-8(21,22)23)24-6(17,18)3(10,11)4(12,13)7(24,19)20. The maximum atomic E-state index is 13.8. The Morgan fingerprint density at radius 2 is 1.00 bits per heavy atom. The zero-order valence-corrected chi connectivity index (χ0v) is 10.9. The number of esters is 1. The lowest BCUT2D eigenvalue weighted by atomic mass is 10.2. The predicted molar refractivity (Wildman–Crippen MR) is 43.7 cm³/mol. The number of likely N-dealkylation sites (tertiary alicyclic amines) is 1. The molecule has 1 atom stereocenters. The first-order chi connectivity index (χ1) is 11.0. The molecule has 0 aromatic rings. The first-order valence-corrected chi connectivity index (χ1v) is 5.37. The lowest BCUT2D eigenvalue weighted by molar-refractivity contribution is -0.395. The highest BCUT2D eigenvalue weighted by molar-refractivity contribution is 5.80. The smallest absolute Gasteiger partial charge is 0.369 e. The van der Waals surface area contributed by atoms with Crippen LogP contribution in [0.3, 0.4) is 0 Å². The molecule has 1 rings (SSSR count). The van der Waals surface area contributed by atoms with E-state index >= 15 is 0 Å². The third-order valence-electron chi connectivity index (χ3n) is 2.87. The Morgan fingerprint density at radius 1 is 0.692 bits per heavy atom. The summed E-state index contributed by atoms with van der Waals surface area (Å²) in [6, 6.07) is -15.0. The average Bonchev–Trinajstić information content (AvgIpc) is 2.39. The fourth-order valence-electron chi connectivity index (χ4n) is 1.73. The first-order valence-electron chi connectivity index (χ1n) is 5.37. The molecule has 0 bridgehead atoms. The molecule has 0 aromatic heterocycles. The highest BCUT2D eigenvalue weighted by Gasteiger charge is 2.98. The number of nitrogens with zero attached hydrogens (tertiary/aromatic N) is 1. The fraction of sp³-hybridized carbons (Fsp3) is 0.875. The lowest BCUT2D eigenvalue weighted by Crippen LogP contribution is -2.70. The van der Waals surface area contributed by atoms with Crippen molar-refractivity contribution in [2.24, 2.45) is 0 Å². The second kappa shape index (κ2) is 5.22. The number of alkyl halides is 15. The number of hydrogen-bond donors (Lipinski definition) is 0. The summed E-state index contributed by atoms with van der Waals surface area (Å²) in [5.74, 6) is -27.0. The molecule has 26 heavy (non-hydrogen) atoms. The van der Waals surface area contributed by atoms with Crippen LogP contribution in [-0.2, 0) is 9.53 Å². The Bertz CT molecular complexity index is 565. The van der Waals surface area contributed by atoms with Crippen LogP contribution in [0.5, 0.6) is 0 Å². The van der Waals surface area contributed by atoms with Gasteiger partial charge < -0.3 is 4.74 Å². The van der Waals surface area contributed by atoms with Crippen LogP contribution < -0.4 is 0 Å². The van der Waals surface area contributed by atoms with Crippen molar-refractivity contribution in [3.05, 3.63) is 0 Å². The largest absolute Gasteiger partial charge is 0.575 e. The van der Waals surface area contributed by atoms with Crippen molar-refractivity contribution in [1.29, 1.82) is 0 Å². The molecule has 1 aliphatic heterocycles. The monoisotopic (exact) mass is 427 g/mol. The highest BCUT2D eigenvalue weighted by atomic mass is 19.4. The number of carbonyl (C=O) groups excluding carboxylic acids is 1. The van der Waals surface area contributed by atoms with Gasteiger partial charge in [0, 0.05) is 0 Å². The maximum Gasteiger partial charge on any atom is 0.575 e. The Labute approximate surface area is 130 Å². The Hall–Kier alpha value is -1.62. The van der Waals surface area contributed by atoms with Gasteiger partial charge in [-0.2, -0.15) is 48.3 Å². The summed E-state index contributed by atoms with van der Waals surface area (Å²) < 4.78 is 192. The van der Waals surface area contributed by atoms with E-state index in [4.69, 9.17) is 0 Å². The van der Waals surface area contributed by atoms with E-state index < -0.39 is 53.1 Å². The Kier molecular flexibility index (Phi) is 4.50. The molecule has 0 saturated carbocycles. The molecule has 1 aliphatic rings. The van der Waals surface area contributed by atoms with Crippen LogP contribution in [0, 0.1) is 0 Å². The van der Waals surface area contributed by atoms with E-state index in [1.165, 1.54) is 0 Å². The third-order valence-corrected chi connectivity index (χ3v) is 2.87. The molecule has 154 valence electrons. The van der Waals surface area contributed by atoms with Crippen LogP contribution in [0.4, 0.5) is 65.9 Å². The van der Waals surface area contributed by atoms with E-state index in [1.807, 2.05) is 0 Å². The van der Waals surface area contributed by atoms with Gasteiger partial charge in [0.1, 0.15) is 0 Å². The number of carbonyl (C=O) groups is 1. The van der Waals surface area contributed by atoms with Crippen LogP contribution in [0.25, 0.3) is 0 Å². The van der Waals surface area contributed by atoms with Gasteiger partial charge in [0.05, 0.1) is 0 Å². The summed E-state index contributed by atoms with van der Waals surface area (Å²) in [6.45, 7) is 0. The second-order valence-corrected chi connectivity index (χ2v) is 4.52. The SMILES string of the molecule is O=C(OC(F)(F)F)C(F)(N1C(F)(F)C(F)(F)C(F)(F)C1(F)F)C(F)(F)F. The van der Waals surface area contributed by atoms with Crippen LogP contribution in [-0.4, -0.2) is 53.1 Å². The minimum Gasteiger partial charge on any atom is -0.369 e. The van der Waals surface area contributed by atoms with Crippen molar-refractivity contribution in [3.8, 4) is 0 Å². The fourth-order valence-corrected chi connectivity index (χ4v) is 1.73. The van der Waals surface area contributed by atoms with Gasteiger partial charge in [-0.3, -0.25) is 0 Å². The minimum atomic E-state index is -7.58. The van der Waals surface area contributed by atoms with Gasteiger partial charge in [-0.15, -0.1) is 18.1 Å². The molecule has 0 amide bonds. The molecular formula is C8F15NO2. The van der Waals surface area contributed by atoms with Gasteiger partial charge in [-0.05, 0) is 0 Å². The molecule has 0 radical (unpaired) electrons. The van der Waals surface area contributed by atoms with Gasteiger partial charge in [0.15, 0.2) is 0 Å². The van der Waals surface area contributed by atoms with E-state index in [-0.39, 0.29) is 0 Å². The lowest BCUT2D eigenvalue weighted by Gasteiger charge is -2.38. The van der Waals surface area contributed by atoms with Crippen molar-refractivity contribution in [2.75, 3.05) is 0 Å². The Morgan fingerprint density at radius 3 is 1.23 bits per heavy atom. The summed E-state index contributed by atoms with van der Waals surface area (Å²) in [6.07, 6.45) is -14.2. The van der Waals surface area contributed by atoms with Gasteiger partial charge in [0.25, 0.3) is 0 Å². The molecule has 18 heteroatoms. The molecule has 1 saturated heterocycles. The van der Waals surface area contributed by atoms with E-state index in [1.54, 1.807) is 4.74 Å². The zero-order chi connectivity index (χ0) is 21.4. The van der Waals surface area contributed by atoms with Gasteiger partial charge >= 0.3 is 48.2 Å². The van der Waals surface area contributed by atoms with Gasteiger partial charge in [-0.25, -0.2) is 9.18 Å². The average molecular weight is 427 g/mol. The van der Waals surface area contributed by atoms with Gasteiger partial charge in [0.2, 0.25) is 0 Å². The van der Waals surface area contributed by atoms with Crippen LogP contribution in [0.15, 0.2) is 0 Å². The highest BCUT2D eigenvalue weighted by Crippen LogP contribution is 2.66. The van der Waals surface area contributed by atoms with Crippen molar-refractivity contribution in [2.45, 2.75) is 42.3 Å². The molecule has 3 nitrogen and oxygen atoms in total. The van der Waals surface area contributed by atoms with E-state index in [9.17, 15) is 70.7 Å². The summed E-state index contributed by atoms with van der Waals surface area (Å²) in [5.41, 5.74) is 0. The predicted octanol–water partition coefficient (Wildman–Crippen LogP) is 4.05. The number of hydrogen-bond acceptors (Lipinski definition) is 3. The molecular weight excluding hydrogens is 427 g/mol. The molecule has 1 heterocycles.